The van der Waals surface area contributed by atoms with Crippen molar-refractivity contribution in [3.63, 3.8) is 0 Å². The van der Waals surface area contributed by atoms with E-state index in [1.54, 1.807) is 12.1 Å². The summed E-state index contributed by atoms with van der Waals surface area (Å²) in [4.78, 5) is 12.4. The van der Waals surface area contributed by atoms with Crippen LogP contribution in [-0.2, 0) is 0 Å². The van der Waals surface area contributed by atoms with Crippen molar-refractivity contribution in [3.8, 4) is 0 Å². The maximum absolute atomic E-state index is 11.8. The van der Waals surface area contributed by atoms with Crippen molar-refractivity contribution in [1.82, 2.24) is 5.32 Å². The van der Waals surface area contributed by atoms with Gasteiger partial charge in [-0.15, -0.1) is 11.3 Å². The number of hydrogen-bond donors (Lipinski definition) is 3. The van der Waals surface area contributed by atoms with E-state index in [1.165, 1.54) is 11.3 Å². The van der Waals surface area contributed by atoms with Crippen LogP contribution in [0.5, 0.6) is 0 Å². The lowest BCUT2D eigenvalue weighted by molar-refractivity contribution is 0.0904. The van der Waals surface area contributed by atoms with Gasteiger partial charge in [-0.2, -0.15) is 0 Å². The quantitative estimate of drug-likeness (QED) is 0.778. The molecule has 2 rings (SSSR count). The number of nitrogens with one attached hydrogen (secondary N) is 1. The maximum atomic E-state index is 11.8. The molecule has 4 nitrogen and oxygen atoms in total. The molecular formula is C11H14ClNO3S. The van der Waals surface area contributed by atoms with Crippen LogP contribution in [0.25, 0.3) is 0 Å². The van der Waals surface area contributed by atoms with E-state index in [-0.39, 0.29) is 24.5 Å². The van der Waals surface area contributed by atoms with Crippen molar-refractivity contribution in [3.05, 3.63) is 21.3 Å². The molecule has 1 aliphatic carbocycles. The van der Waals surface area contributed by atoms with Crippen LogP contribution in [0.3, 0.4) is 0 Å². The first kappa shape index (κ1) is 12.8. The van der Waals surface area contributed by atoms with Gasteiger partial charge in [0.2, 0.25) is 0 Å². The fraction of sp³-hybridized carbons (Fsp3) is 0.545. The third-order valence-corrected chi connectivity index (χ3v) is 4.25. The summed E-state index contributed by atoms with van der Waals surface area (Å²) in [7, 11) is 0. The Balaban J connectivity index is 1.92. The van der Waals surface area contributed by atoms with Gasteiger partial charge in [-0.05, 0) is 25.0 Å². The van der Waals surface area contributed by atoms with Crippen molar-refractivity contribution in [2.75, 3.05) is 6.61 Å². The van der Waals surface area contributed by atoms with Gasteiger partial charge in [-0.1, -0.05) is 11.6 Å². The van der Waals surface area contributed by atoms with E-state index in [1.807, 2.05) is 0 Å². The average molecular weight is 276 g/mol. The molecule has 0 bridgehead atoms. The Hall–Kier alpha value is -0.620. The van der Waals surface area contributed by atoms with Crippen LogP contribution < -0.4 is 5.32 Å². The first-order valence-corrected chi connectivity index (χ1v) is 6.64. The Morgan fingerprint density at radius 2 is 2.29 bits per heavy atom. The summed E-state index contributed by atoms with van der Waals surface area (Å²) in [6.07, 6.45) is 0.579. The second-order valence-electron chi connectivity index (χ2n) is 4.26. The van der Waals surface area contributed by atoms with Crippen LogP contribution in [0.4, 0.5) is 0 Å². The lowest BCUT2D eigenvalue weighted by Crippen LogP contribution is -2.32. The first-order valence-electron chi connectivity index (χ1n) is 5.45. The smallest absolute Gasteiger partial charge is 0.261 e. The van der Waals surface area contributed by atoms with Gasteiger partial charge >= 0.3 is 0 Å². The van der Waals surface area contributed by atoms with Gasteiger partial charge in [0.25, 0.3) is 5.91 Å². The number of hydrogen-bond acceptors (Lipinski definition) is 4. The molecule has 0 unspecified atom stereocenters. The van der Waals surface area contributed by atoms with Gasteiger partial charge < -0.3 is 15.5 Å². The minimum atomic E-state index is -0.530. The predicted molar refractivity (Wildman–Crippen MR) is 66.4 cm³/mol. The molecule has 0 spiro atoms. The van der Waals surface area contributed by atoms with Crippen LogP contribution >= 0.6 is 22.9 Å². The highest BCUT2D eigenvalue weighted by atomic mass is 35.5. The molecule has 1 heterocycles. The van der Waals surface area contributed by atoms with E-state index in [0.29, 0.717) is 22.1 Å². The summed E-state index contributed by atoms with van der Waals surface area (Å²) in [5.41, 5.74) is 0. The molecule has 1 fully saturated rings. The Kier molecular flexibility index (Phi) is 4.04. The fourth-order valence-corrected chi connectivity index (χ4v) is 3.06. The highest BCUT2D eigenvalue weighted by molar-refractivity contribution is 7.17. The van der Waals surface area contributed by atoms with Crippen molar-refractivity contribution < 1.29 is 15.0 Å². The molecule has 17 heavy (non-hydrogen) atoms. The molecule has 3 atom stereocenters. The molecule has 1 aliphatic rings. The monoisotopic (exact) mass is 275 g/mol. The van der Waals surface area contributed by atoms with Crippen LogP contribution in [0.1, 0.15) is 22.5 Å². The number of aliphatic hydroxyl groups excluding tert-OH is 2. The zero-order chi connectivity index (χ0) is 12.4. The van der Waals surface area contributed by atoms with Gasteiger partial charge in [0.1, 0.15) is 0 Å². The van der Waals surface area contributed by atoms with Crippen LogP contribution in [-0.4, -0.2) is 34.9 Å². The number of halogens is 1. The Morgan fingerprint density at radius 1 is 1.53 bits per heavy atom. The number of thiophene rings is 1. The summed E-state index contributed by atoms with van der Waals surface area (Å²) in [6.45, 7) is -0.0433. The standard InChI is InChI=1S/C11H14ClNO3S/c12-10-2-1-9(17-10)11(16)13-7-3-6(5-14)8(15)4-7/h1-2,6-8,14-15H,3-5H2,(H,13,16)/t6-,7+,8-/m1/s1. The van der Waals surface area contributed by atoms with E-state index >= 15 is 0 Å². The lowest BCUT2D eigenvalue weighted by atomic mass is 10.1. The Labute approximate surface area is 108 Å². The van der Waals surface area contributed by atoms with Crippen LogP contribution in [0, 0.1) is 5.92 Å². The van der Waals surface area contributed by atoms with E-state index in [2.05, 4.69) is 5.32 Å². The molecule has 94 valence electrons. The van der Waals surface area contributed by atoms with Gasteiger partial charge in [-0.25, -0.2) is 0 Å². The fourth-order valence-electron chi connectivity index (χ4n) is 2.11. The molecule has 0 saturated heterocycles. The molecule has 6 heteroatoms. The minimum Gasteiger partial charge on any atom is -0.396 e. The number of carbonyl (C=O) groups excluding carboxylic acids is 1. The number of aliphatic hydroxyl groups is 2. The average Bonchev–Trinajstić information content (AvgIpc) is 2.85. The number of amides is 1. The van der Waals surface area contributed by atoms with Crippen molar-refractivity contribution in [2.24, 2.45) is 5.92 Å². The predicted octanol–water partition coefficient (Wildman–Crippen LogP) is 1.26. The zero-order valence-electron chi connectivity index (χ0n) is 9.10. The SMILES string of the molecule is O=C(N[C@H]1C[C@H](CO)[C@H](O)C1)c1ccc(Cl)s1. The molecule has 1 aromatic heterocycles. The van der Waals surface area contributed by atoms with Gasteiger partial charge in [0.15, 0.2) is 0 Å². The molecule has 0 radical (unpaired) electrons. The highest BCUT2D eigenvalue weighted by Gasteiger charge is 2.33. The molecule has 3 N–H and O–H groups in total. The summed E-state index contributed by atoms with van der Waals surface area (Å²) < 4.78 is 0.579. The molecule has 1 aromatic rings. The van der Waals surface area contributed by atoms with Gasteiger partial charge in [0.05, 0.1) is 15.3 Å². The van der Waals surface area contributed by atoms with Crippen molar-refractivity contribution in [1.29, 1.82) is 0 Å². The van der Waals surface area contributed by atoms with E-state index < -0.39 is 6.10 Å². The van der Waals surface area contributed by atoms with E-state index in [9.17, 15) is 9.90 Å². The second kappa shape index (κ2) is 5.35. The zero-order valence-corrected chi connectivity index (χ0v) is 10.7. The Bertz CT molecular complexity index is 409. The van der Waals surface area contributed by atoms with Crippen molar-refractivity contribution >= 4 is 28.8 Å². The third-order valence-electron chi connectivity index (χ3n) is 3.02. The third kappa shape index (κ3) is 2.98. The second-order valence-corrected chi connectivity index (χ2v) is 5.97. The van der Waals surface area contributed by atoms with Crippen LogP contribution in [0.2, 0.25) is 4.34 Å². The summed E-state index contributed by atoms with van der Waals surface area (Å²) in [5.74, 6) is -0.301. The van der Waals surface area contributed by atoms with Gasteiger partial charge in [-0.3, -0.25) is 4.79 Å². The molecule has 0 aliphatic heterocycles. The highest BCUT2D eigenvalue weighted by Crippen LogP contribution is 2.27. The molecule has 1 amide bonds. The van der Waals surface area contributed by atoms with Crippen LogP contribution in [0.15, 0.2) is 12.1 Å². The Morgan fingerprint density at radius 3 is 2.82 bits per heavy atom. The molecule has 0 aromatic carbocycles. The van der Waals surface area contributed by atoms with Gasteiger partial charge in [0, 0.05) is 18.6 Å². The minimum absolute atomic E-state index is 0.0433. The first-order chi connectivity index (χ1) is 8.10. The summed E-state index contributed by atoms with van der Waals surface area (Å²) in [6, 6.07) is 3.29. The summed E-state index contributed by atoms with van der Waals surface area (Å²) in [5, 5.41) is 21.5. The normalized spacial score (nSPS) is 28.3. The van der Waals surface area contributed by atoms with E-state index in [4.69, 9.17) is 16.7 Å². The number of rotatable bonds is 3. The largest absolute Gasteiger partial charge is 0.396 e. The van der Waals surface area contributed by atoms with Crippen molar-refractivity contribution in [2.45, 2.75) is 25.0 Å². The molecule has 1 saturated carbocycles. The number of carbonyl (C=O) groups is 1. The maximum Gasteiger partial charge on any atom is 0.261 e. The topological polar surface area (TPSA) is 69.6 Å². The lowest BCUT2D eigenvalue weighted by Gasteiger charge is -2.11. The van der Waals surface area contributed by atoms with E-state index in [0.717, 1.165) is 0 Å². The molecular weight excluding hydrogens is 262 g/mol. The summed E-state index contributed by atoms with van der Waals surface area (Å²) >= 11 is 6.98.